The van der Waals surface area contributed by atoms with Gasteiger partial charge in [0.15, 0.2) is 0 Å². The summed E-state index contributed by atoms with van der Waals surface area (Å²) in [6, 6.07) is 6.75. The molecule has 4 rings (SSSR count). The molecule has 160 valence electrons. The van der Waals surface area contributed by atoms with Crippen LogP contribution in [-0.2, 0) is 19.0 Å². The third-order valence-corrected chi connectivity index (χ3v) is 6.62. The molecule has 7 heteroatoms. The molecule has 4 nitrogen and oxygen atoms in total. The molecule has 1 unspecified atom stereocenters. The van der Waals surface area contributed by atoms with E-state index in [0.29, 0.717) is 24.1 Å². The molecule has 1 saturated heterocycles. The van der Waals surface area contributed by atoms with E-state index < -0.39 is 17.3 Å². The molecule has 1 aliphatic carbocycles. The lowest BCUT2D eigenvalue weighted by Crippen LogP contribution is -2.46. The van der Waals surface area contributed by atoms with Gasteiger partial charge in [0.2, 0.25) is 5.56 Å². The fraction of sp³-hybridized carbons (Fsp3) is 0.478. The number of H-pyrrole nitrogens is 1. The zero-order valence-electron chi connectivity index (χ0n) is 17.1. The smallest absolute Gasteiger partial charge is 0.333 e. The summed E-state index contributed by atoms with van der Waals surface area (Å²) in [5.41, 5.74) is 1.12. The summed E-state index contributed by atoms with van der Waals surface area (Å²) in [6.07, 6.45) is -0.382. The first-order valence-corrected chi connectivity index (χ1v) is 10.3. The van der Waals surface area contributed by atoms with Crippen LogP contribution in [0.1, 0.15) is 71.8 Å². The van der Waals surface area contributed by atoms with Gasteiger partial charge in [0.1, 0.15) is 0 Å². The van der Waals surface area contributed by atoms with Crippen LogP contribution in [0.2, 0.25) is 0 Å². The molecule has 0 bridgehead atoms. The second kappa shape index (κ2) is 7.29. The minimum atomic E-state index is -4.40. The van der Waals surface area contributed by atoms with E-state index in [1.54, 1.807) is 11.0 Å². The van der Waals surface area contributed by atoms with Crippen molar-refractivity contribution in [1.29, 1.82) is 0 Å². The number of aromatic nitrogens is 1. The van der Waals surface area contributed by atoms with Gasteiger partial charge < -0.3 is 9.88 Å². The Morgan fingerprint density at radius 1 is 1.17 bits per heavy atom. The lowest BCUT2D eigenvalue weighted by atomic mass is 9.82. The number of benzene rings is 1. The molecule has 2 aliphatic rings. The molecule has 0 spiro atoms. The molecule has 1 aromatic heterocycles. The van der Waals surface area contributed by atoms with Crippen LogP contribution in [0.3, 0.4) is 0 Å². The highest BCUT2D eigenvalue weighted by molar-refractivity contribution is 5.96. The molecule has 2 aromatic rings. The third kappa shape index (κ3) is 3.55. The molecule has 30 heavy (non-hydrogen) atoms. The number of hydrogen-bond acceptors (Lipinski definition) is 2. The van der Waals surface area contributed by atoms with E-state index in [9.17, 15) is 22.8 Å². The van der Waals surface area contributed by atoms with E-state index in [4.69, 9.17) is 0 Å². The molecular formula is C23H25F3N2O2. The lowest BCUT2D eigenvalue weighted by Gasteiger charge is -2.37. The second-order valence-corrected chi connectivity index (χ2v) is 8.79. The van der Waals surface area contributed by atoms with Gasteiger partial charge in [-0.25, -0.2) is 0 Å². The van der Waals surface area contributed by atoms with Gasteiger partial charge in [0, 0.05) is 35.3 Å². The molecule has 1 atom stereocenters. The van der Waals surface area contributed by atoms with Crippen molar-refractivity contribution < 1.29 is 18.0 Å². The van der Waals surface area contributed by atoms with E-state index >= 15 is 0 Å². The number of halogens is 3. The Bertz CT molecular complexity index is 1040. The molecule has 1 fully saturated rings. The first-order chi connectivity index (χ1) is 14.1. The SMILES string of the molecule is CC1(C)C(c2cccc(C(F)(F)F)c2)CCN1C(=O)c1cc(=O)[nH]c2c1CCCC2. The highest BCUT2D eigenvalue weighted by Gasteiger charge is 2.45. The quantitative estimate of drug-likeness (QED) is 0.770. The fourth-order valence-electron chi connectivity index (χ4n) is 5.04. The van der Waals surface area contributed by atoms with Crippen LogP contribution in [0.4, 0.5) is 13.2 Å². The maximum atomic E-state index is 13.5. The number of nitrogens with one attached hydrogen (secondary N) is 1. The van der Waals surface area contributed by atoms with Gasteiger partial charge in [0.25, 0.3) is 5.91 Å². The lowest BCUT2D eigenvalue weighted by molar-refractivity contribution is -0.137. The van der Waals surface area contributed by atoms with Gasteiger partial charge in [-0.05, 0) is 63.1 Å². The summed E-state index contributed by atoms with van der Waals surface area (Å²) in [6.45, 7) is 4.22. The molecule has 1 aromatic carbocycles. The van der Waals surface area contributed by atoms with Crippen molar-refractivity contribution >= 4 is 5.91 Å². The number of pyridine rings is 1. The Morgan fingerprint density at radius 3 is 2.63 bits per heavy atom. The van der Waals surface area contributed by atoms with E-state index in [0.717, 1.165) is 43.0 Å². The normalized spacial score (nSPS) is 20.8. The molecular weight excluding hydrogens is 393 g/mol. The zero-order valence-corrected chi connectivity index (χ0v) is 17.1. The Hall–Kier alpha value is -2.57. The Kier molecular flexibility index (Phi) is 5.03. The van der Waals surface area contributed by atoms with Gasteiger partial charge in [-0.2, -0.15) is 13.2 Å². The van der Waals surface area contributed by atoms with Gasteiger partial charge in [-0.1, -0.05) is 18.2 Å². The molecule has 1 amide bonds. The number of aromatic amines is 1. The number of rotatable bonds is 2. The minimum Gasteiger partial charge on any atom is -0.333 e. The molecule has 0 radical (unpaired) electrons. The zero-order chi connectivity index (χ0) is 21.7. The second-order valence-electron chi connectivity index (χ2n) is 8.79. The van der Waals surface area contributed by atoms with Crippen LogP contribution < -0.4 is 5.56 Å². The number of fused-ring (bicyclic) bond motifs is 1. The monoisotopic (exact) mass is 418 g/mol. The number of nitrogens with zero attached hydrogens (tertiary/aromatic N) is 1. The standard InChI is InChI=1S/C23H25F3N2O2/c1-22(2)18(14-6-5-7-15(12-14)23(24,25)26)10-11-28(22)21(30)17-13-20(29)27-19-9-4-3-8-16(17)19/h5-7,12-13,18H,3-4,8-11H2,1-2H3,(H,27,29). The molecule has 1 aliphatic heterocycles. The van der Waals surface area contributed by atoms with Gasteiger partial charge in [-0.3, -0.25) is 9.59 Å². The topological polar surface area (TPSA) is 53.2 Å². The summed E-state index contributed by atoms with van der Waals surface area (Å²) in [7, 11) is 0. The van der Waals surface area contributed by atoms with Crippen molar-refractivity contribution in [2.24, 2.45) is 0 Å². The summed E-state index contributed by atoms with van der Waals surface area (Å²) in [4.78, 5) is 30.2. The highest BCUT2D eigenvalue weighted by atomic mass is 19.4. The van der Waals surface area contributed by atoms with Crippen LogP contribution in [-0.4, -0.2) is 27.9 Å². The van der Waals surface area contributed by atoms with Crippen molar-refractivity contribution in [3.05, 3.63) is 68.6 Å². The fourth-order valence-corrected chi connectivity index (χ4v) is 5.04. The number of carbonyl (C=O) groups excluding carboxylic acids is 1. The number of aryl methyl sites for hydroxylation is 1. The van der Waals surface area contributed by atoms with Crippen LogP contribution in [0.15, 0.2) is 35.1 Å². The Morgan fingerprint density at radius 2 is 1.90 bits per heavy atom. The average molecular weight is 418 g/mol. The van der Waals surface area contributed by atoms with Crippen LogP contribution in [0, 0.1) is 0 Å². The van der Waals surface area contributed by atoms with Crippen LogP contribution in [0.5, 0.6) is 0 Å². The van der Waals surface area contributed by atoms with Crippen molar-refractivity contribution in [3.63, 3.8) is 0 Å². The predicted molar refractivity (Wildman–Crippen MR) is 108 cm³/mol. The van der Waals surface area contributed by atoms with Crippen LogP contribution >= 0.6 is 0 Å². The highest BCUT2D eigenvalue weighted by Crippen LogP contribution is 2.44. The summed E-state index contributed by atoms with van der Waals surface area (Å²) < 4.78 is 39.5. The van der Waals surface area contributed by atoms with Crippen molar-refractivity contribution in [1.82, 2.24) is 9.88 Å². The number of amides is 1. The maximum absolute atomic E-state index is 13.5. The first-order valence-electron chi connectivity index (χ1n) is 10.3. The van der Waals surface area contributed by atoms with Crippen molar-refractivity contribution in [2.75, 3.05) is 6.54 Å². The summed E-state index contributed by atoms with van der Waals surface area (Å²) >= 11 is 0. The molecule has 0 saturated carbocycles. The Balaban J connectivity index is 1.68. The van der Waals surface area contributed by atoms with E-state index in [1.165, 1.54) is 18.2 Å². The number of likely N-dealkylation sites (tertiary alicyclic amines) is 1. The number of alkyl halides is 3. The molecule has 1 N–H and O–H groups in total. The summed E-state index contributed by atoms with van der Waals surface area (Å²) in [5, 5.41) is 0. The van der Waals surface area contributed by atoms with E-state index in [2.05, 4.69) is 4.98 Å². The first kappa shape index (κ1) is 20.7. The number of carbonyl (C=O) groups is 1. The largest absolute Gasteiger partial charge is 0.416 e. The predicted octanol–water partition coefficient (Wildman–Crippen LogP) is 4.68. The minimum absolute atomic E-state index is 0.210. The maximum Gasteiger partial charge on any atom is 0.416 e. The van der Waals surface area contributed by atoms with Crippen molar-refractivity contribution in [2.45, 2.75) is 63.6 Å². The van der Waals surface area contributed by atoms with E-state index in [1.807, 2.05) is 13.8 Å². The Labute approximate surface area is 173 Å². The molecule has 2 heterocycles. The average Bonchev–Trinajstić information content (AvgIpc) is 3.00. The number of hydrogen-bond donors (Lipinski definition) is 1. The summed E-state index contributed by atoms with van der Waals surface area (Å²) in [5.74, 6) is -0.430. The van der Waals surface area contributed by atoms with Crippen LogP contribution in [0.25, 0.3) is 0 Å². The van der Waals surface area contributed by atoms with Gasteiger partial charge in [-0.15, -0.1) is 0 Å². The van der Waals surface area contributed by atoms with E-state index in [-0.39, 0.29) is 17.4 Å². The van der Waals surface area contributed by atoms with Gasteiger partial charge >= 0.3 is 6.18 Å². The third-order valence-electron chi connectivity index (χ3n) is 6.62. The van der Waals surface area contributed by atoms with Gasteiger partial charge in [0.05, 0.1) is 5.56 Å². The van der Waals surface area contributed by atoms with Crippen molar-refractivity contribution in [3.8, 4) is 0 Å².